The molecule has 1 atom stereocenters. The molecule has 0 radical (unpaired) electrons. The molecule has 0 aliphatic heterocycles. The summed E-state index contributed by atoms with van der Waals surface area (Å²) in [5.41, 5.74) is 1.65. The fraction of sp³-hybridized carbons (Fsp3) is 0.273. The smallest absolute Gasteiger partial charge is 0.414 e. The van der Waals surface area contributed by atoms with Gasteiger partial charge in [-0.15, -0.1) is 9.24 Å². The van der Waals surface area contributed by atoms with Gasteiger partial charge in [0.2, 0.25) is 5.75 Å². The molecule has 0 fully saturated rings. The summed E-state index contributed by atoms with van der Waals surface area (Å²) in [6.45, 7) is 0. The Morgan fingerprint density at radius 2 is 1.86 bits per heavy atom. The van der Waals surface area contributed by atoms with Crippen LogP contribution < -0.4 is 10.2 Å². The van der Waals surface area contributed by atoms with E-state index in [1.165, 1.54) is 42.8 Å². The number of amides is 1. The van der Waals surface area contributed by atoms with Crippen LogP contribution in [0.1, 0.15) is 18.4 Å². The largest absolute Gasteiger partial charge is 0.502 e. The predicted octanol–water partition coefficient (Wildman–Crippen LogP) is 4.42. The number of hydrogen-bond acceptors (Lipinski definition) is 5. The predicted molar refractivity (Wildman–Crippen MR) is 117 cm³/mol. The van der Waals surface area contributed by atoms with E-state index in [-0.39, 0.29) is 27.9 Å². The first kappa shape index (κ1) is 20.9. The Labute approximate surface area is 171 Å². The maximum absolute atomic E-state index is 12.5. The molecule has 1 aromatic heterocycles. The number of hydrogen-bond donors (Lipinski definition) is 1. The number of nitrogens with zero attached hydrogens (tertiary/aromatic N) is 1. The number of rotatable bonds is 6. The second-order valence-electron chi connectivity index (χ2n) is 6.97. The quantitative estimate of drug-likeness (QED) is 0.478. The molecule has 0 spiro atoms. The Balaban J connectivity index is 1.96. The molecule has 1 heterocycles. The van der Waals surface area contributed by atoms with Crippen molar-refractivity contribution >= 4 is 26.3 Å². The molecule has 0 bridgehead atoms. The lowest BCUT2D eigenvalue weighted by molar-refractivity contribution is 0.170. The van der Waals surface area contributed by atoms with Gasteiger partial charge in [0.1, 0.15) is 5.76 Å². The lowest BCUT2D eigenvalue weighted by atomic mass is 10.0. The second kappa shape index (κ2) is 9.10. The zero-order valence-corrected chi connectivity index (χ0v) is 17.6. The third-order valence-corrected chi connectivity index (χ3v) is 4.96. The molecule has 0 saturated carbocycles. The molecule has 1 N–H and O–H groups in total. The van der Waals surface area contributed by atoms with Crippen LogP contribution in [0.2, 0.25) is 0 Å². The average molecular weight is 413 g/mol. The lowest BCUT2D eigenvalue weighted by Crippen LogP contribution is -2.25. The van der Waals surface area contributed by atoms with Crippen molar-refractivity contribution in [3.05, 3.63) is 58.3 Å². The Bertz CT molecular complexity index is 1070. The van der Waals surface area contributed by atoms with Crippen LogP contribution in [0.3, 0.4) is 0 Å². The minimum atomic E-state index is -0.643. The summed E-state index contributed by atoms with van der Waals surface area (Å²) in [6, 6.07) is 12.1. The lowest BCUT2D eigenvalue weighted by Gasteiger charge is -2.12. The molecule has 152 valence electrons. The minimum Gasteiger partial charge on any atom is -0.502 e. The number of aryl methyl sites for hydroxylation is 1. The van der Waals surface area contributed by atoms with Crippen molar-refractivity contribution in [2.45, 2.75) is 19.3 Å². The van der Waals surface area contributed by atoms with Crippen LogP contribution in [0.25, 0.3) is 22.3 Å². The van der Waals surface area contributed by atoms with Gasteiger partial charge in [-0.3, -0.25) is 4.79 Å². The molecule has 7 heteroatoms. The standard InChI is InChI=1S/C22H24NO5P/c1-23(2)22(26)28-18-11-10-16-17(24)13-19(27-21(16)20(18)25)15-8-6-14(7-9-15)5-3-4-12-29/h6-11,13,25H,3-5,12,29H2,1-2H3. The van der Waals surface area contributed by atoms with E-state index in [9.17, 15) is 14.7 Å². The van der Waals surface area contributed by atoms with Crippen molar-refractivity contribution < 1.29 is 19.1 Å². The topological polar surface area (TPSA) is 80.0 Å². The first-order valence-electron chi connectivity index (χ1n) is 9.39. The van der Waals surface area contributed by atoms with E-state index in [1.54, 1.807) is 0 Å². The van der Waals surface area contributed by atoms with Crippen LogP contribution in [0.15, 0.2) is 51.7 Å². The second-order valence-corrected chi connectivity index (χ2v) is 7.55. The summed E-state index contributed by atoms with van der Waals surface area (Å²) >= 11 is 0. The molecule has 2 aromatic carbocycles. The SMILES string of the molecule is CN(C)C(=O)Oc1ccc2c(=O)cc(-c3ccc(CCCCP)cc3)oc2c1O. The van der Waals surface area contributed by atoms with E-state index in [1.807, 2.05) is 24.3 Å². The van der Waals surface area contributed by atoms with Gasteiger partial charge in [0, 0.05) is 25.7 Å². The zero-order valence-electron chi connectivity index (χ0n) is 16.5. The number of carbonyl (C=O) groups is 1. The van der Waals surface area contributed by atoms with E-state index in [4.69, 9.17) is 9.15 Å². The molecule has 29 heavy (non-hydrogen) atoms. The molecule has 6 nitrogen and oxygen atoms in total. The Hall–Kier alpha value is -2.85. The number of phenols is 1. The minimum absolute atomic E-state index is 0.0129. The van der Waals surface area contributed by atoms with E-state index in [2.05, 4.69) is 9.24 Å². The van der Waals surface area contributed by atoms with Gasteiger partial charge in [0.05, 0.1) is 5.39 Å². The van der Waals surface area contributed by atoms with Gasteiger partial charge in [0.25, 0.3) is 0 Å². The van der Waals surface area contributed by atoms with Crippen LogP contribution in [0, 0.1) is 0 Å². The van der Waals surface area contributed by atoms with Gasteiger partial charge < -0.3 is 19.2 Å². The van der Waals surface area contributed by atoms with Gasteiger partial charge in [-0.1, -0.05) is 24.3 Å². The molecule has 1 unspecified atom stereocenters. The van der Waals surface area contributed by atoms with E-state index in [0.717, 1.165) is 31.0 Å². The van der Waals surface area contributed by atoms with Crippen LogP contribution in [-0.4, -0.2) is 36.4 Å². The molecule has 0 aliphatic rings. The van der Waals surface area contributed by atoms with Crippen molar-refractivity contribution in [2.24, 2.45) is 0 Å². The third-order valence-electron chi connectivity index (χ3n) is 4.55. The number of unbranched alkanes of at least 4 members (excludes halogenated alkanes) is 1. The highest BCUT2D eigenvalue weighted by Gasteiger charge is 2.17. The van der Waals surface area contributed by atoms with Crippen LogP contribution in [0.5, 0.6) is 11.5 Å². The van der Waals surface area contributed by atoms with Crippen molar-refractivity contribution in [3.63, 3.8) is 0 Å². The van der Waals surface area contributed by atoms with Gasteiger partial charge >= 0.3 is 6.09 Å². The number of benzene rings is 2. The monoisotopic (exact) mass is 413 g/mol. The highest BCUT2D eigenvalue weighted by Crippen LogP contribution is 2.35. The van der Waals surface area contributed by atoms with Crippen LogP contribution in [0.4, 0.5) is 4.79 Å². The molecule has 3 aromatic rings. The average Bonchev–Trinajstić information content (AvgIpc) is 2.71. The van der Waals surface area contributed by atoms with E-state index >= 15 is 0 Å². The highest BCUT2D eigenvalue weighted by molar-refractivity contribution is 7.16. The van der Waals surface area contributed by atoms with Crippen LogP contribution >= 0.6 is 9.24 Å². The Kier molecular flexibility index (Phi) is 6.55. The van der Waals surface area contributed by atoms with Crippen molar-refractivity contribution in [3.8, 4) is 22.8 Å². The number of fused-ring (bicyclic) bond motifs is 1. The van der Waals surface area contributed by atoms with Gasteiger partial charge in [-0.25, -0.2) is 4.79 Å². The molecule has 3 rings (SSSR count). The Morgan fingerprint density at radius 1 is 1.14 bits per heavy atom. The molecular formula is C22H24NO5P. The highest BCUT2D eigenvalue weighted by atomic mass is 31.0. The molecule has 0 saturated heterocycles. The number of ether oxygens (including phenoxy) is 1. The zero-order chi connectivity index (χ0) is 21.0. The normalized spacial score (nSPS) is 10.9. The first-order chi connectivity index (χ1) is 13.9. The number of aromatic hydroxyl groups is 1. The van der Waals surface area contributed by atoms with E-state index < -0.39 is 6.09 Å². The summed E-state index contributed by atoms with van der Waals surface area (Å²) in [4.78, 5) is 25.5. The summed E-state index contributed by atoms with van der Waals surface area (Å²) < 4.78 is 11.0. The summed E-state index contributed by atoms with van der Waals surface area (Å²) in [5.74, 6) is -0.114. The Morgan fingerprint density at radius 3 is 2.52 bits per heavy atom. The van der Waals surface area contributed by atoms with Crippen molar-refractivity contribution in [2.75, 3.05) is 20.3 Å². The maximum atomic E-state index is 12.5. The summed E-state index contributed by atoms with van der Waals surface area (Å²) in [5, 5.41) is 10.7. The van der Waals surface area contributed by atoms with Crippen LogP contribution in [-0.2, 0) is 6.42 Å². The van der Waals surface area contributed by atoms with Crippen molar-refractivity contribution in [1.29, 1.82) is 0 Å². The van der Waals surface area contributed by atoms with Gasteiger partial charge in [-0.05, 0) is 43.1 Å². The summed E-state index contributed by atoms with van der Waals surface area (Å²) in [7, 11) is 5.79. The fourth-order valence-electron chi connectivity index (χ4n) is 2.91. The number of phenolic OH excluding ortho intramolecular Hbond substituents is 1. The molecular weight excluding hydrogens is 389 g/mol. The fourth-order valence-corrected chi connectivity index (χ4v) is 3.19. The maximum Gasteiger partial charge on any atom is 0.414 e. The van der Waals surface area contributed by atoms with Gasteiger partial charge in [-0.2, -0.15) is 0 Å². The number of carbonyl (C=O) groups excluding carboxylic acids is 1. The van der Waals surface area contributed by atoms with E-state index in [0.29, 0.717) is 5.76 Å². The molecule has 1 amide bonds. The molecule has 0 aliphatic carbocycles. The third kappa shape index (κ3) is 4.77. The van der Waals surface area contributed by atoms with Crippen molar-refractivity contribution in [1.82, 2.24) is 4.90 Å². The summed E-state index contributed by atoms with van der Waals surface area (Å²) in [6.07, 6.45) is 3.73. The first-order valence-corrected chi connectivity index (χ1v) is 10.2. The van der Waals surface area contributed by atoms with Gasteiger partial charge in [0.15, 0.2) is 16.8 Å².